The number of guanidine groups is 2. The summed E-state index contributed by atoms with van der Waals surface area (Å²) < 4.78 is 5.72. The molecule has 0 amide bonds. The van der Waals surface area contributed by atoms with Crippen LogP contribution in [0, 0.1) is 10.8 Å². The number of para-hydroxylation sites is 1. The Morgan fingerprint density at radius 1 is 0.955 bits per heavy atom. The Labute approximate surface area is 129 Å². The summed E-state index contributed by atoms with van der Waals surface area (Å²) in [4.78, 5) is 0. The molecule has 2 rings (SSSR count). The van der Waals surface area contributed by atoms with Gasteiger partial charge in [0.2, 0.25) is 0 Å². The Morgan fingerprint density at radius 3 is 2.23 bits per heavy atom. The Hall–Kier alpha value is -3.02. The molecule has 6 nitrogen and oxygen atoms in total. The van der Waals surface area contributed by atoms with E-state index in [4.69, 9.17) is 21.3 Å². The molecule has 0 aliphatic rings. The SMILES string of the molecule is N=C(N)NC(=N)NCCc1ccc(Oc2ccccc2)cc1. The summed E-state index contributed by atoms with van der Waals surface area (Å²) in [7, 11) is 0. The zero-order valence-electron chi connectivity index (χ0n) is 12.1. The van der Waals surface area contributed by atoms with Gasteiger partial charge in [0, 0.05) is 6.54 Å². The lowest BCUT2D eigenvalue weighted by atomic mass is 10.1. The van der Waals surface area contributed by atoms with E-state index in [2.05, 4.69) is 10.6 Å². The third-order valence-corrected chi connectivity index (χ3v) is 2.88. The molecule has 0 aliphatic carbocycles. The zero-order valence-corrected chi connectivity index (χ0v) is 12.1. The van der Waals surface area contributed by atoms with Crippen molar-refractivity contribution in [2.75, 3.05) is 6.54 Å². The van der Waals surface area contributed by atoms with E-state index in [0.717, 1.165) is 23.5 Å². The van der Waals surface area contributed by atoms with Gasteiger partial charge >= 0.3 is 0 Å². The second-order valence-corrected chi connectivity index (χ2v) is 4.65. The number of ether oxygens (including phenoxy) is 1. The molecular formula is C16H19N5O. The first kappa shape index (κ1) is 15.4. The van der Waals surface area contributed by atoms with Crippen molar-refractivity contribution >= 4 is 11.9 Å². The van der Waals surface area contributed by atoms with Gasteiger partial charge in [-0.2, -0.15) is 0 Å². The van der Waals surface area contributed by atoms with Crippen LogP contribution in [0.5, 0.6) is 11.5 Å². The standard InChI is InChI=1S/C16H19N5O/c17-15(18)21-16(19)20-11-10-12-6-8-14(9-7-12)22-13-4-2-1-3-5-13/h1-9H,10-11H2,(H6,17,18,19,20,21). The molecule has 0 bridgehead atoms. The van der Waals surface area contributed by atoms with Crippen molar-refractivity contribution in [2.24, 2.45) is 5.73 Å². The van der Waals surface area contributed by atoms with Crippen molar-refractivity contribution in [1.29, 1.82) is 10.8 Å². The molecule has 0 radical (unpaired) electrons. The van der Waals surface area contributed by atoms with Crippen LogP contribution in [0.3, 0.4) is 0 Å². The van der Waals surface area contributed by atoms with Crippen LogP contribution < -0.4 is 21.1 Å². The third kappa shape index (κ3) is 5.16. The van der Waals surface area contributed by atoms with Crippen LogP contribution in [0.2, 0.25) is 0 Å². The molecule has 0 aromatic heterocycles. The van der Waals surface area contributed by atoms with E-state index in [-0.39, 0.29) is 11.9 Å². The zero-order chi connectivity index (χ0) is 15.8. The van der Waals surface area contributed by atoms with E-state index in [1.807, 2.05) is 54.6 Å². The van der Waals surface area contributed by atoms with Crippen molar-refractivity contribution in [3.8, 4) is 11.5 Å². The Morgan fingerprint density at radius 2 is 1.59 bits per heavy atom. The van der Waals surface area contributed by atoms with E-state index < -0.39 is 0 Å². The van der Waals surface area contributed by atoms with Crippen LogP contribution in [0.1, 0.15) is 5.56 Å². The molecule has 114 valence electrons. The highest BCUT2D eigenvalue weighted by molar-refractivity contribution is 5.94. The van der Waals surface area contributed by atoms with E-state index >= 15 is 0 Å². The number of benzene rings is 2. The summed E-state index contributed by atoms with van der Waals surface area (Å²) in [5.41, 5.74) is 6.26. The largest absolute Gasteiger partial charge is 0.457 e. The maximum absolute atomic E-state index is 7.48. The van der Waals surface area contributed by atoms with Gasteiger partial charge in [-0.1, -0.05) is 30.3 Å². The predicted molar refractivity (Wildman–Crippen MR) is 87.4 cm³/mol. The predicted octanol–water partition coefficient (Wildman–Crippen LogP) is 2.03. The first-order valence-electron chi connectivity index (χ1n) is 6.89. The van der Waals surface area contributed by atoms with Crippen LogP contribution in [-0.2, 0) is 6.42 Å². The lowest BCUT2D eigenvalue weighted by molar-refractivity contribution is 0.482. The average Bonchev–Trinajstić information content (AvgIpc) is 2.49. The summed E-state index contributed by atoms with van der Waals surface area (Å²) in [5.74, 6) is 1.37. The minimum absolute atomic E-state index is 0.0246. The van der Waals surface area contributed by atoms with E-state index in [9.17, 15) is 0 Å². The van der Waals surface area contributed by atoms with E-state index in [1.54, 1.807) is 0 Å². The van der Waals surface area contributed by atoms with Crippen molar-refractivity contribution < 1.29 is 4.74 Å². The van der Waals surface area contributed by atoms with Crippen LogP contribution in [0.15, 0.2) is 54.6 Å². The lowest BCUT2D eigenvalue weighted by Gasteiger charge is -2.09. The lowest BCUT2D eigenvalue weighted by Crippen LogP contribution is -2.43. The molecule has 0 spiro atoms. The fourth-order valence-corrected chi connectivity index (χ4v) is 1.86. The van der Waals surface area contributed by atoms with Gasteiger partial charge in [-0.3, -0.25) is 16.1 Å². The first-order chi connectivity index (χ1) is 10.6. The van der Waals surface area contributed by atoms with Gasteiger partial charge in [0.25, 0.3) is 0 Å². The van der Waals surface area contributed by atoms with Gasteiger partial charge in [0.15, 0.2) is 11.9 Å². The maximum Gasteiger partial charge on any atom is 0.195 e. The van der Waals surface area contributed by atoms with Crippen molar-refractivity contribution in [2.45, 2.75) is 6.42 Å². The number of rotatable bonds is 5. The summed E-state index contributed by atoms with van der Waals surface area (Å²) in [6.07, 6.45) is 0.758. The maximum atomic E-state index is 7.48. The summed E-state index contributed by atoms with van der Waals surface area (Å²) in [6, 6.07) is 17.4. The number of hydrogen-bond acceptors (Lipinski definition) is 3. The number of hydrogen-bond donors (Lipinski definition) is 5. The second-order valence-electron chi connectivity index (χ2n) is 4.65. The van der Waals surface area contributed by atoms with Gasteiger partial charge in [-0.15, -0.1) is 0 Å². The molecule has 0 fully saturated rings. The van der Waals surface area contributed by atoms with Crippen LogP contribution in [-0.4, -0.2) is 18.5 Å². The smallest absolute Gasteiger partial charge is 0.195 e. The molecule has 0 heterocycles. The van der Waals surface area contributed by atoms with Gasteiger partial charge in [-0.25, -0.2) is 0 Å². The second kappa shape index (κ2) is 7.68. The highest BCUT2D eigenvalue weighted by atomic mass is 16.5. The average molecular weight is 297 g/mol. The van der Waals surface area contributed by atoms with Gasteiger partial charge < -0.3 is 15.8 Å². The molecule has 6 heteroatoms. The Kier molecular flexibility index (Phi) is 5.37. The highest BCUT2D eigenvalue weighted by Gasteiger charge is 1.99. The molecule has 0 aliphatic heterocycles. The van der Waals surface area contributed by atoms with Crippen molar-refractivity contribution in [3.63, 3.8) is 0 Å². The molecule has 2 aromatic rings. The van der Waals surface area contributed by atoms with Gasteiger partial charge in [-0.05, 0) is 36.2 Å². The summed E-state index contributed by atoms with van der Waals surface area (Å²) in [5, 5.41) is 19.7. The molecule has 0 saturated heterocycles. The van der Waals surface area contributed by atoms with Crippen molar-refractivity contribution in [3.05, 3.63) is 60.2 Å². The normalized spacial score (nSPS) is 9.82. The fourth-order valence-electron chi connectivity index (χ4n) is 1.86. The van der Waals surface area contributed by atoms with Gasteiger partial charge in [0.1, 0.15) is 11.5 Å². The summed E-state index contributed by atoms with van der Waals surface area (Å²) >= 11 is 0. The topological polar surface area (TPSA) is 107 Å². The molecule has 2 aromatic carbocycles. The van der Waals surface area contributed by atoms with Gasteiger partial charge in [0.05, 0.1) is 0 Å². The Bertz CT molecular complexity index is 625. The quantitative estimate of drug-likeness (QED) is 0.430. The minimum atomic E-state index is -0.250. The summed E-state index contributed by atoms with van der Waals surface area (Å²) in [6.45, 7) is 0.581. The van der Waals surface area contributed by atoms with Crippen LogP contribution in [0.25, 0.3) is 0 Å². The van der Waals surface area contributed by atoms with E-state index in [0.29, 0.717) is 6.54 Å². The molecule has 0 atom stereocenters. The number of nitrogens with one attached hydrogen (secondary N) is 4. The molecule has 0 unspecified atom stereocenters. The molecule has 0 saturated carbocycles. The monoisotopic (exact) mass is 297 g/mol. The van der Waals surface area contributed by atoms with Crippen LogP contribution in [0.4, 0.5) is 0 Å². The van der Waals surface area contributed by atoms with E-state index in [1.165, 1.54) is 0 Å². The number of nitrogens with two attached hydrogens (primary N) is 1. The molecular weight excluding hydrogens is 278 g/mol. The molecule has 22 heavy (non-hydrogen) atoms. The first-order valence-corrected chi connectivity index (χ1v) is 6.89. The highest BCUT2D eigenvalue weighted by Crippen LogP contribution is 2.21. The Balaban J connectivity index is 1.79. The third-order valence-electron chi connectivity index (χ3n) is 2.88. The fraction of sp³-hybridized carbons (Fsp3) is 0.125. The molecule has 6 N–H and O–H groups in total. The van der Waals surface area contributed by atoms with Crippen molar-refractivity contribution in [1.82, 2.24) is 10.6 Å². The van der Waals surface area contributed by atoms with Crippen LogP contribution >= 0.6 is 0 Å². The minimum Gasteiger partial charge on any atom is -0.457 e.